The summed E-state index contributed by atoms with van der Waals surface area (Å²) >= 11 is 5.33. The molecule has 27 heavy (non-hydrogen) atoms. The van der Waals surface area contributed by atoms with Gasteiger partial charge in [0.2, 0.25) is 0 Å². The van der Waals surface area contributed by atoms with Crippen molar-refractivity contribution in [3.05, 3.63) is 41.1 Å². The fourth-order valence-electron chi connectivity index (χ4n) is 3.90. The van der Waals surface area contributed by atoms with Crippen molar-refractivity contribution in [1.82, 2.24) is 10.6 Å². The van der Waals surface area contributed by atoms with Gasteiger partial charge < -0.3 is 20.1 Å². The molecule has 0 unspecified atom stereocenters. The second-order valence-corrected chi connectivity index (χ2v) is 7.75. The lowest BCUT2D eigenvalue weighted by Gasteiger charge is -2.32. The molecule has 1 aliphatic heterocycles. The van der Waals surface area contributed by atoms with Crippen molar-refractivity contribution in [2.45, 2.75) is 58.6 Å². The van der Waals surface area contributed by atoms with Crippen LogP contribution < -0.4 is 15.4 Å². The maximum absolute atomic E-state index is 13.1. The lowest BCUT2D eigenvalue weighted by atomic mass is 9.88. The quantitative estimate of drug-likeness (QED) is 0.587. The maximum Gasteiger partial charge on any atom is 0.338 e. The van der Waals surface area contributed by atoms with Gasteiger partial charge in [-0.05, 0) is 57.3 Å². The Morgan fingerprint density at radius 2 is 2.07 bits per heavy atom. The van der Waals surface area contributed by atoms with Crippen molar-refractivity contribution in [2.24, 2.45) is 5.92 Å². The first-order chi connectivity index (χ1) is 13.0. The highest BCUT2D eigenvalue weighted by molar-refractivity contribution is 7.80. The second-order valence-electron chi connectivity index (χ2n) is 7.34. The molecule has 1 heterocycles. The Bertz CT molecular complexity index is 747. The summed E-state index contributed by atoms with van der Waals surface area (Å²) < 4.78 is 11.7. The van der Waals surface area contributed by atoms with Crippen molar-refractivity contribution in [1.29, 1.82) is 0 Å². The zero-order chi connectivity index (χ0) is 19.4. The first-order valence-electron chi connectivity index (χ1n) is 9.70. The highest BCUT2D eigenvalue weighted by atomic mass is 32.1. The zero-order valence-corrected chi connectivity index (χ0v) is 17.0. The maximum atomic E-state index is 13.1. The van der Waals surface area contributed by atoms with Crippen LogP contribution in [0.5, 0.6) is 5.75 Å². The van der Waals surface area contributed by atoms with Crippen LogP contribution in [-0.4, -0.2) is 23.8 Å². The Balaban J connectivity index is 1.89. The van der Waals surface area contributed by atoms with Gasteiger partial charge in [0.15, 0.2) is 5.11 Å². The third kappa shape index (κ3) is 4.61. The molecule has 3 rings (SSSR count). The number of allylic oxidation sites excluding steroid dienone is 1. The van der Waals surface area contributed by atoms with E-state index >= 15 is 0 Å². The van der Waals surface area contributed by atoms with Gasteiger partial charge in [0, 0.05) is 11.3 Å². The average Bonchev–Trinajstić information content (AvgIpc) is 2.61. The number of rotatable bonds is 5. The van der Waals surface area contributed by atoms with Crippen LogP contribution >= 0.6 is 12.2 Å². The number of thiocarbonyl (C=S) groups is 1. The van der Waals surface area contributed by atoms with Crippen molar-refractivity contribution < 1.29 is 14.3 Å². The van der Waals surface area contributed by atoms with Gasteiger partial charge >= 0.3 is 5.97 Å². The molecule has 1 aliphatic carbocycles. The summed E-state index contributed by atoms with van der Waals surface area (Å²) in [6.07, 6.45) is 4.16. The first kappa shape index (κ1) is 19.7. The number of ether oxygens (including phenoxy) is 2. The van der Waals surface area contributed by atoms with Crippen LogP contribution in [0.4, 0.5) is 0 Å². The molecule has 2 N–H and O–H groups in total. The zero-order valence-electron chi connectivity index (χ0n) is 16.2. The predicted octanol–water partition coefficient (Wildman–Crippen LogP) is 4.00. The van der Waals surface area contributed by atoms with E-state index in [-0.39, 0.29) is 12.1 Å². The Hall–Kier alpha value is -2.08. The minimum atomic E-state index is -0.394. The lowest BCUT2D eigenvalue weighted by molar-refractivity contribution is -0.146. The normalized spacial score (nSPS) is 25.4. The number of hydrogen-bond acceptors (Lipinski definition) is 4. The highest BCUT2D eigenvalue weighted by Gasteiger charge is 2.34. The van der Waals surface area contributed by atoms with Crippen LogP contribution in [0.3, 0.4) is 0 Å². The van der Waals surface area contributed by atoms with E-state index in [1.165, 1.54) is 6.42 Å². The van der Waals surface area contributed by atoms with Crippen molar-refractivity contribution >= 4 is 23.3 Å². The monoisotopic (exact) mass is 388 g/mol. The Kier molecular flexibility index (Phi) is 6.37. The van der Waals surface area contributed by atoms with Gasteiger partial charge in [-0.25, -0.2) is 4.79 Å². The molecule has 1 aromatic carbocycles. The summed E-state index contributed by atoms with van der Waals surface area (Å²) in [6, 6.07) is 7.33. The number of benzene rings is 1. The first-order valence-corrected chi connectivity index (χ1v) is 10.1. The van der Waals surface area contributed by atoms with Crippen LogP contribution in [0.25, 0.3) is 0 Å². The summed E-state index contributed by atoms with van der Waals surface area (Å²) in [4.78, 5) is 13.1. The van der Waals surface area contributed by atoms with Gasteiger partial charge in [0.25, 0.3) is 0 Å². The average molecular weight is 389 g/mol. The second kappa shape index (κ2) is 8.74. The number of hydrogen-bond donors (Lipinski definition) is 2. The molecule has 0 spiro atoms. The molecule has 3 atom stereocenters. The lowest BCUT2D eigenvalue weighted by Crippen LogP contribution is -2.45. The van der Waals surface area contributed by atoms with E-state index in [9.17, 15) is 4.79 Å². The molecular weight excluding hydrogens is 360 g/mol. The van der Waals surface area contributed by atoms with Crippen LogP contribution in [0.2, 0.25) is 0 Å². The molecule has 6 heteroatoms. The SMILES string of the molecule is CCOc1ccccc1[C@@H]1NC(=S)NC(C)=C1C(=O)O[C@H]1CCC[C@H](C)C1. The largest absolute Gasteiger partial charge is 0.494 e. The fraction of sp³-hybridized carbons (Fsp3) is 0.524. The third-order valence-electron chi connectivity index (χ3n) is 5.18. The van der Waals surface area contributed by atoms with Crippen molar-refractivity contribution in [3.8, 4) is 5.75 Å². The standard InChI is InChI=1S/C21H28N2O3S/c1-4-25-17-11-6-5-10-16(17)19-18(14(3)22-21(27)23-19)20(24)26-15-9-7-8-13(2)12-15/h5-6,10-11,13,15,19H,4,7-9,12H2,1-3H3,(H2,22,23,27)/t13-,15-,19-/m0/s1. The van der Waals surface area contributed by atoms with E-state index in [1.54, 1.807) is 0 Å². The van der Waals surface area contributed by atoms with Crippen molar-refractivity contribution in [2.75, 3.05) is 6.61 Å². The van der Waals surface area contributed by atoms with E-state index in [4.69, 9.17) is 21.7 Å². The van der Waals surface area contributed by atoms with Gasteiger partial charge in [-0.15, -0.1) is 0 Å². The minimum absolute atomic E-state index is 0.0155. The molecular formula is C21H28N2O3S. The highest BCUT2D eigenvalue weighted by Crippen LogP contribution is 2.35. The molecule has 0 bridgehead atoms. The van der Waals surface area contributed by atoms with E-state index < -0.39 is 6.04 Å². The van der Waals surface area contributed by atoms with Gasteiger partial charge in [-0.3, -0.25) is 0 Å². The predicted molar refractivity (Wildman–Crippen MR) is 109 cm³/mol. The number of carbonyl (C=O) groups excluding carboxylic acids is 1. The van der Waals surface area contributed by atoms with E-state index in [0.29, 0.717) is 23.2 Å². The Labute approximate surface area is 166 Å². The molecule has 0 radical (unpaired) electrons. The van der Waals surface area contributed by atoms with Crippen molar-refractivity contribution in [3.63, 3.8) is 0 Å². The van der Waals surface area contributed by atoms with E-state index in [1.807, 2.05) is 38.1 Å². The van der Waals surface area contributed by atoms with Gasteiger partial charge in [-0.1, -0.05) is 31.5 Å². The molecule has 1 aromatic rings. The molecule has 146 valence electrons. The Morgan fingerprint density at radius 1 is 1.30 bits per heavy atom. The molecule has 0 saturated heterocycles. The van der Waals surface area contributed by atoms with E-state index in [0.717, 1.165) is 36.3 Å². The molecule has 0 aromatic heterocycles. The van der Waals surface area contributed by atoms with Crippen LogP contribution in [-0.2, 0) is 9.53 Å². The summed E-state index contributed by atoms with van der Waals surface area (Å²) in [6.45, 7) is 6.57. The Morgan fingerprint density at radius 3 is 2.81 bits per heavy atom. The van der Waals surface area contributed by atoms with Crippen LogP contribution in [0.1, 0.15) is 58.1 Å². The summed E-state index contributed by atoms with van der Waals surface area (Å²) in [5.41, 5.74) is 2.17. The van der Waals surface area contributed by atoms with Gasteiger partial charge in [0.1, 0.15) is 11.9 Å². The molecule has 0 amide bonds. The number of para-hydroxylation sites is 1. The van der Waals surface area contributed by atoms with E-state index in [2.05, 4.69) is 17.6 Å². The molecule has 1 saturated carbocycles. The third-order valence-corrected chi connectivity index (χ3v) is 5.40. The number of esters is 1. The summed E-state index contributed by atoms with van der Waals surface area (Å²) in [5, 5.41) is 6.78. The minimum Gasteiger partial charge on any atom is -0.494 e. The fourth-order valence-corrected chi connectivity index (χ4v) is 4.17. The van der Waals surface area contributed by atoms with Crippen LogP contribution in [0, 0.1) is 5.92 Å². The number of carbonyl (C=O) groups is 1. The summed E-state index contributed by atoms with van der Waals surface area (Å²) in [5.74, 6) is 1.05. The molecule has 1 fully saturated rings. The summed E-state index contributed by atoms with van der Waals surface area (Å²) in [7, 11) is 0. The number of nitrogens with one attached hydrogen (secondary N) is 2. The molecule has 2 aliphatic rings. The molecule has 5 nitrogen and oxygen atoms in total. The van der Waals surface area contributed by atoms with Gasteiger partial charge in [0.05, 0.1) is 18.2 Å². The van der Waals surface area contributed by atoms with Crippen LogP contribution in [0.15, 0.2) is 35.5 Å². The smallest absolute Gasteiger partial charge is 0.338 e. The van der Waals surface area contributed by atoms with Gasteiger partial charge in [-0.2, -0.15) is 0 Å². The topological polar surface area (TPSA) is 59.6 Å².